The standard InChI is InChI=1S/C22H29N5O2/c1-2-25-12-14-26(15-13-25)22(29)20-24-19(18-10-6-7-11-27(18)20)21(28)23-16-17-8-4-3-5-9-17/h3-5,8-9H,2,6-7,10-16H2,1H3,(H,23,28). The van der Waals surface area contributed by atoms with Crippen LogP contribution in [-0.2, 0) is 19.5 Å². The molecule has 3 heterocycles. The van der Waals surface area contributed by atoms with Gasteiger partial charge in [0, 0.05) is 39.3 Å². The molecule has 0 spiro atoms. The molecule has 0 saturated carbocycles. The number of hydrogen-bond donors (Lipinski definition) is 1. The monoisotopic (exact) mass is 395 g/mol. The van der Waals surface area contributed by atoms with E-state index in [1.807, 2.05) is 39.8 Å². The van der Waals surface area contributed by atoms with Crippen LogP contribution >= 0.6 is 0 Å². The molecule has 1 aromatic heterocycles. The number of rotatable bonds is 5. The summed E-state index contributed by atoms with van der Waals surface area (Å²) in [4.78, 5) is 34.8. The van der Waals surface area contributed by atoms with E-state index in [0.717, 1.165) is 56.7 Å². The van der Waals surface area contributed by atoms with Gasteiger partial charge in [0.2, 0.25) is 0 Å². The maximum atomic E-state index is 13.2. The molecule has 154 valence electrons. The van der Waals surface area contributed by atoms with Crippen molar-refractivity contribution in [3.8, 4) is 0 Å². The summed E-state index contributed by atoms with van der Waals surface area (Å²) in [5, 5.41) is 2.96. The molecule has 1 aromatic carbocycles. The molecule has 0 aliphatic carbocycles. The highest BCUT2D eigenvalue weighted by Crippen LogP contribution is 2.22. The van der Waals surface area contributed by atoms with Gasteiger partial charge in [0.25, 0.3) is 11.8 Å². The molecule has 1 fully saturated rings. The number of benzene rings is 1. The van der Waals surface area contributed by atoms with Crippen molar-refractivity contribution in [1.82, 2.24) is 24.7 Å². The van der Waals surface area contributed by atoms with Crippen LogP contribution in [-0.4, -0.2) is 63.9 Å². The van der Waals surface area contributed by atoms with Gasteiger partial charge in [-0.1, -0.05) is 37.3 Å². The Kier molecular flexibility index (Phi) is 5.94. The van der Waals surface area contributed by atoms with Crippen molar-refractivity contribution in [2.45, 2.75) is 39.3 Å². The molecule has 0 radical (unpaired) electrons. The predicted octanol–water partition coefficient (Wildman–Crippen LogP) is 1.93. The van der Waals surface area contributed by atoms with Crippen LogP contribution < -0.4 is 5.32 Å². The Morgan fingerprint density at radius 1 is 1.03 bits per heavy atom. The zero-order chi connectivity index (χ0) is 20.2. The topological polar surface area (TPSA) is 70.5 Å². The fourth-order valence-electron chi connectivity index (χ4n) is 4.16. The molecule has 0 bridgehead atoms. The summed E-state index contributed by atoms with van der Waals surface area (Å²) in [6, 6.07) is 9.82. The van der Waals surface area contributed by atoms with E-state index in [2.05, 4.69) is 22.1 Å². The number of aromatic nitrogens is 2. The predicted molar refractivity (Wildman–Crippen MR) is 111 cm³/mol. The van der Waals surface area contributed by atoms with E-state index >= 15 is 0 Å². The SMILES string of the molecule is CCN1CCN(C(=O)c2nc(C(=O)NCc3ccccc3)c3n2CCCC3)CC1. The molecular weight excluding hydrogens is 366 g/mol. The maximum Gasteiger partial charge on any atom is 0.289 e. The van der Waals surface area contributed by atoms with E-state index in [9.17, 15) is 9.59 Å². The van der Waals surface area contributed by atoms with Gasteiger partial charge in [-0.3, -0.25) is 9.59 Å². The Morgan fingerprint density at radius 3 is 2.52 bits per heavy atom. The molecule has 1 N–H and O–H groups in total. The molecule has 1 saturated heterocycles. The summed E-state index contributed by atoms with van der Waals surface area (Å²) < 4.78 is 1.98. The van der Waals surface area contributed by atoms with Gasteiger partial charge in [-0.05, 0) is 31.4 Å². The summed E-state index contributed by atoms with van der Waals surface area (Å²) in [5.41, 5.74) is 2.35. The third-order valence-electron chi connectivity index (χ3n) is 5.93. The lowest BCUT2D eigenvalue weighted by atomic mass is 10.1. The van der Waals surface area contributed by atoms with Crippen molar-refractivity contribution >= 4 is 11.8 Å². The lowest BCUT2D eigenvalue weighted by Gasteiger charge is -2.34. The first-order chi connectivity index (χ1) is 14.2. The number of amides is 2. The Balaban J connectivity index is 1.52. The van der Waals surface area contributed by atoms with E-state index < -0.39 is 0 Å². The second-order valence-electron chi connectivity index (χ2n) is 7.73. The molecule has 29 heavy (non-hydrogen) atoms. The third-order valence-corrected chi connectivity index (χ3v) is 5.93. The quantitative estimate of drug-likeness (QED) is 0.840. The first-order valence-corrected chi connectivity index (χ1v) is 10.6. The number of nitrogens with zero attached hydrogens (tertiary/aromatic N) is 4. The van der Waals surface area contributed by atoms with Crippen molar-refractivity contribution in [3.63, 3.8) is 0 Å². The van der Waals surface area contributed by atoms with Crippen molar-refractivity contribution in [3.05, 3.63) is 53.1 Å². The molecule has 4 rings (SSSR count). The molecule has 7 heteroatoms. The summed E-state index contributed by atoms with van der Waals surface area (Å²) in [5.74, 6) is 0.176. The average molecular weight is 396 g/mol. The Morgan fingerprint density at radius 2 is 1.79 bits per heavy atom. The lowest BCUT2D eigenvalue weighted by Crippen LogP contribution is -2.49. The molecule has 0 unspecified atom stereocenters. The highest BCUT2D eigenvalue weighted by Gasteiger charge is 2.31. The molecule has 2 aliphatic heterocycles. The molecule has 7 nitrogen and oxygen atoms in total. The van der Waals surface area contributed by atoms with Gasteiger partial charge in [-0.2, -0.15) is 0 Å². The van der Waals surface area contributed by atoms with Crippen LogP contribution in [0.3, 0.4) is 0 Å². The molecule has 2 aliphatic rings. The first kappa shape index (κ1) is 19.6. The van der Waals surface area contributed by atoms with Crippen LogP contribution in [0.25, 0.3) is 0 Å². The number of carbonyl (C=O) groups is 2. The number of piperazine rings is 1. The normalized spacial score (nSPS) is 17.1. The molecule has 0 atom stereocenters. The zero-order valence-electron chi connectivity index (χ0n) is 17.1. The highest BCUT2D eigenvalue weighted by atomic mass is 16.2. The smallest absolute Gasteiger partial charge is 0.289 e. The molecule has 2 aromatic rings. The van der Waals surface area contributed by atoms with Crippen molar-refractivity contribution < 1.29 is 9.59 Å². The number of carbonyl (C=O) groups excluding carboxylic acids is 2. The van der Waals surface area contributed by atoms with Crippen LogP contribution in [0.2, 0.25) is 0 Å². The highest BCUT2D eigenvalue weighted by molar-refractivity contribution is 5.97. The lowest BCUT2D eigenvalue weighted by molar-refractivity contribution is 0.0625. The van der Waals surface area contributed by atoms with Gasteiger partial charge in [0.15, 0.2) is 5.82 Å². The van der Waals surface area contributed by atoms with Gasteiger partial charge < -0.3 is 19.7 Å². The third kappa shape index (κ3) is 4.19. The van der Waals surface area contributed by atoms with Crippen LogP contribution in [0.1, 0.15) is 52.1 Å². The van der Waals surface area contributed by atoms with Gasteiger partial charge in [0.1, 0.15) is 5.69 Å². The summed E-state index contributed by atoms with van der Waals surface area (Å²) in [7, 11) is 0. The van der Waals surface area contributed by atoms with E-state index in [1.165, 1.54) is 0 Å². The second-order valence-corrected chi connectivity index (χ2v) is 7.73. The van der Waals surface area contributed by atoms with Gasteiger partial charge in [-0.15, -0.1) is 0 Å². The number of fused-ring (bicyclic) bond motifs is 1. The Hall–Kier alpha value is -2.67. The number of likely N-dealkylation sites (N-methyl/N-ethyl adjacent to an activating group) is 1. The van der Waals surface area contributed by atoms with Crippen molar-refractivity contribution in [1.29, 1.82) is 0 Å². The number of imidazole rings is 1. The van der Waals surface area contributed by atoms with Gasteiger partial charge in [-0.25, -0.2) is 4.98 Å². The van der Waals surface area contributed by atoms with E-state index in [0.29, 0.717) is 31.2 Å². The van der Waals surface area contributed by atoms with Crippen LogP contribution in [0.4, 0.5) is 0 Å². The summed E-state index contributed by atoms with van der Waals surface area (Å²) in [6.07, 6.45) is 2.82. The van der Waals surface area contributed by atoms with E-state index in [-0.39, 0.29) is 11.8 Å². The Bertz CT molecular complexity index is 869. The molecular formula is C22H29N5O2. The zero-order valence-corrected chi connectivity index (χ0v) is 17.1. The van der Waals surface area contributed by atoms with Crippen molar-refractivity contribution in [2.24, 2.45) is 0 Å². The summed E-state index contributed by atoms with van der Waals surface area (Å²) >= 11 is 0. The largest absolute Gasteiger partial charge is 0.347 e. The minimum absolute atomic E-state index is 0.0500. The van der Waals surface area contributed by atoms with Crippen LogP contribution in [0, 0.1) is 0 Å². The first-order valence-electron chi connectivity index (χ1n) is 10.6. The van der Waals surface area contributed by atoms with Gasteiger partial charge in [0.05, 0.1) is 5.69 Å². The second kappa shape index (κ2) is 8.78. The maximum absolute atomic E-state index is 13.2. The Labute approximate surface area is 171 Å². The number of nitrogens with one attached hydrogen (secondary N) is 1. The number of hydrogen-bond acceptors (Lipinski definition) is 4. The minimum atomic E-state index is -0.200. The average Bonchev–Trinajstić information content (AvgIpc) is 3.17. The minimum Gasteiger partial charge on any atom is -0.347 e. The molecule has 2 amide bonds. The van der Waals surface area contributed by atoms with Crippen molar-refractivity contribution in [2.75, 3.05) is 32.7 Å². The van der Waals surface area contributed by atoms with Crippen LogP contribution in [0.15, 0.2) is 30.3 Å². The fourth-order valence-corrected chi connectivity index (χ4v) is 4.16. The van der Waals surface area contributed by atoms with Crippen LogP contribution in [0.5, 0.6) is 0 Å². The van der Waals surface area contributed by atoms with E-state index in [1.54, 1.807) is 0 Å². The van der Waals surface area contributed by atoms with Gasteiger partial charge >= 0.3 is 0 Å². The van der Waals surface area contributed by atoms with E-state index in [4.69, 9.17) is 0 Å². The summed E-state index contributed by atoms with van der Waals surface area (Å²) in [6.45, 7) is 7.56. The fraction of sp³-hybridized carbons (Fsp3) is 0.500.